The van der Waals surface area contributed by atoms with Gasteiger partial charge in [-0.1, -0.05) is 301 Å². The highest BCUT2D eigenvalue weighted by Crippen LogP contribution is 2.52. The van der Waals surface area contributed by atoms with E-state index in [-0.39, 0.29) is 28.4 Å². The molecule has 2 aliphatic heterocycles. The smallest absolute Gasteiger partial charge is 0.252 e. The van der Waals surface area contributed by atoms with Crippen LogP contribution in [0.4, 0.5) is 51.2 Å². The SMILES string of the molecule is CC(C)(C)c1cc(N2c3cc(-n4c5ccccc5c5cc(-c6ccccc6)ccc54)ccc3B3c4ccc(-n5c6ccccc6c6cc(-c7ccccc7)ccc65)cc4N(c4cc(C(C)(C)C)cc(C(C)(C)C)c4)c4cc(N(c5ccc(-c6ccccc6)cc5)c5ccc(-c6ccccc6)cc5)cc2c43)cc(C(C)(C)C)c1. The van der Waals surface area contributed by atoms with Crippen molar-refractivity contribution in [2.75, 3.05) is 14.7 Å². The van der Waals surface area contributed by atoms with Crippen LogP contribution in [0.3, 0.4) is 0 Å². The number of nitrogens with zero attached hydrogens (tertiary/aromatic N) is 5. The van der Waals surface area contributed by atoms with E-state index in [1.165, 1.54) is 93.6 Å². The van der Waals surface area contributed by atoms with Crippen LogP contribution in [0.15, 0.2) is 340 Å². The van der Waals surface area contributed by atoms with Gasteiger partial charge in [0.2, 0.25) is 0 Å². The second kappa shape index (κ2) is 26.6. The predicted octanol–water partition coefficient (Wildman–Crippen LogP) is 27.3. The topological polar surface area (TPSA) is 19.6 Å². The lowest BCUT2D eigenvalue weighted by Crippen LogP contribution is -2.61. The van der Waals surface area contributed by atoms with Gasteiger partial charge in [0.15, 0.2) is 0 Å². The maximum atomic E-state index is 2.68. The number of benzene rings is 15. The molecule has 15 aromatic carbocycles. The zero-order valence-corrected chi connectivity index (χ0v) is 66.1. The minimum Gasteiger partial charge on any atom is -0.311 e. The molecule has 0 saturated carbocycles. The van der Waals surface area contributed by atoms with Gasteiger partial charge in [-0.15, -0.1) is 0 Å². The van der Waals surface area contributed by atoms with Crippen molar-refractivity contribution in [2.45, 2.75) is 105 Å². The number of rotatable bonds is 11. The Morgan fingerprint density at radius 1 is 0.223 bits per heavy atom. The number of anilines is 9. The molecular formula is C106H92BN5. The van der Waals surface area contributed by atoms with Crippen molar-refractivity contribution < 1.29 is 0 Å². The Labute approximate surface area is 660 Å². The molecule has 0 aliphatic carbocycles. The summed E-state index contributed by atoms with van der Waals surface area (Å²) in [6.07, 6.45) is 0. The van der Waals surface area contributed by atoms with E-state index in [2.05, 4.69) is 447 Å². The Hall–Kier alpha value is -12.6. The molecular weight excluding hydrogens is 1350 g/mol. The highest BCUT2D eigenvalue weighted by atomic mass is 15.2. The predicted molar refractivity (Wildman–Crippen MR) is 480 cm³/mol. The summed E-state index contributed by atoms with van der Waals surface area (Å²) in [5, 5.41) is 4.87. The van der Waals surface area contributed by atoms with Crippen LogP contribution in [-0.4, -0.2) is 15.8 Å². The fourth-order valence-electron chi connectivity index (χ4n) is 17.6. The average molecular weight is 1450 g/mol. The van der Waals surface area contributed by atoms with Gasteiger partial charge in [-0.2, -0.15) is 0 Å². The number of para-hydroxylation sites is 2. The minimum absolute atomic E-state index is 0.201. The van der Waals surface area contributed by atoms with Crippen LogP contribution in [0.25, 0.3) is 99.5 Å². The van der Waals surface area contributed by atoms with Crippen LogP contribution in [-0.2, 0) is 21.7 Å². The van der Waals surface area contributed by atoms with Gasteiger partial charge in [-0.3, -0.25) is 0 Å². The van der Waals surface area contributed by atoms with Gasteiger partial charge >= 0.3 is 0 Å². The monoisotopic (exact) mass is 1450 g/mol. The molecule has 0 spiro atoms. The van der Waals surface area contributed by atoms with E-state index in [0.29, 0.717) is 0 Å². The molecule has 112 heavy (non-hydrogen) atoms. The molecule has 0 saturated heterocycles. The zero-order chi connectivity index (χ0) is 76.7. The largest absolute Gasteiger partial charge is 0.311 e. The molecule has 4 heterocycles. The molecule has 2 aromatic heterocycles. The van der Waals surface area contributed by atoms with Crippen molar-refractivity contribution in [1.29, 1.82) is 0 Å². The fraction of sp³-hybridized carbons (Fsp3) is 0.151. The number of hydrogen-bond donors (Lipinski definition) is 0. The summed E-state index contributed by atoms with van der Waals surface area (Å²) < 4.78 is 5.04. The first-order valence-corrected chi connectivity index (χ1v) is 39.7. The second-order valence-electron chi connectivity index (χ2n) is 35.1. The second-order valence-corrected chi connectivity index (χ2v) is 35.1. The summed E-state index contributed by atoms with van der Waals surface area (Å²) in [6.45, 7) is 28.2. The van der Waals surface area contributed by atoms with Crippen LogP contribution < -0.4 is 31.1 Å². The van der Waals surface area contributed by atoms with Crippen LogP contribution in [0.5, 0.6) is 0 Å². The maximum absolute atomic E-state index is 2.68. The summed E-state index contributed by atoms with van der Waals surface area (Å²) in [7, 11) is 0. The first-order valence-electron chi connectivity index (χ1n) is 39.7. The van der Waals surface area contributed by atoms with E-state index in [1.54, 1.807) is 0 Å². The average Bonchev–Trinajstić information content (AvgIpc) is 0.802. The molecule has 2 aliphatic rings. The zero-order valence-electron chi connectivity index (χ0n) is 66.1. The Balaban J connectivity index is 0.951. The molecule has 17 aromatic rings. The fourth-order valence-corrected chi connectivity index (χ4v) is 17.6. The molecule has 5 nitrogen and oxygen atoms in total. The quantitative estimate of drug-likeness (QED) is 0.120. The minimum atomic E-state index is -0.248. The summed E-state index contributed by atoms with van der Waals surface area (Å²) in [6, 6.07) is 129. The van der Waals surface area contributed by atoms with Gasteiger partial charge in [-0.25, -0.2) is 0 Å². The Kier molecular flexibility index (Phi) is 16.6. The Bertz CT molecular complexity index is 6060. The van der Waals surface area contributed by atoms with Gasteiger partial charge in [0, 0.05) is 78.4 Å². The summed E-state index contributed by atoms with van der Waals surface area (Å²) in [5.41, 5.74) is 34.2. The number of fused-ring (bicyclic) bond motifs is 10. The molecule has 0 fully saturated rings. The van der Waals surface area contributed by atoms with E-state index in [4.69, 9.17) is 0 Å². The van der Waals surface area contributed by atoms with Crippen molar-refractivity contribution in [3.05, 3.63) is 362 Å². The third-order valence-electron chi connectivity index (χ3n) is 23.6. The van der Waals surface area contributed by atoms with Crippen molar-refractivity contribution in [3.63, 3.8) is 0 Å². The molecule has 0 unspecified atom stereocenters. The first kappa shape index (κ1) is 69.8. The van der Waals surface area contributed by atoms with E-state index in [1.807, 2.05) is 0 Å². The highest BCUT2D eigenvalue weighted by molar-refractivity contribution is 7.00. The van der Waals surface area contributed by atoms with Crippen molar-refractivity contribution in [2.24, 2.45) is 0 Å². The van der Waals surface area contributed by atoms with Crippen molar-refractivity contribution in [1.82, 2.24) is 9.13 Å². The summed E-state index contributed by atoms with van der Waals surface area (Å²) in [5.74, 6) is 0. The van der Waals surface area contributed by atoms with E-state index in [0.717, 1.165) is 95.8 Å². The third-order valence-corrected chi connectivity index (χ3v) is 23.6. The lowest BCUT2D eigenvalue weighted by atomic mass is 9.33. The molecule has 0 N–H and O–H groups in total. The Morgan fingerprint density at radius 2 is 0.527 bits per heavy atom. The van der Waals surface area contributed by atoms with Crippen LogP contribution in [0, 0.1) is 0 Å². The van der Waals surface area contributed by atoms with Gasteiger partial charge in [0.25, 0.3) is 6.71 Å². The molecule has 544 valence electrons. The molecule has 0 amide bonds. The van der Waals surface area contributed by atoms with Crippen LogP contribution in [0.1, 0.15) is 105 Å². The van der Waals surface area contributed by atoms with Crippen LogP contribution in [0.2, 0.25) is 0 Å². The van der Waals surface area contributed by atoms with E-state index >= 15 is 0 Å². The molecule has 0 atom stereocenters. The lowest BCUT2D eigenvalue weighted by Gasteiger charge is -2.46. The van der Waals surface area contributed by atoms with Gasteiger partial charge < -0.3 is 23.8 Å². The number of hydrogen-bond acceptors (Lipinski definition) is 3. The molecule has 0 radical (unpaired) electrons. The normalized spacial score (nSPS) is 12.9. The van der Waals surface area contributed by atoms with Gasteiger partial charge in [0.05, 0.1) is 27.8 Å². The maximum Gasteiger partial charge on any atom is 0.252 e. The first-order chi connectivity index (χ1) is 54.1. The molecule has 0 bridgehead atoms. The van der Waals surface area contributed by atoms with Gasteiger partial charge in [0.1, 0.15) is 0 Å². The molecule has 19 rings (SSSR count). The lowest BCUT2D eigenvalue weighted by molar-refractivity contribution is 0.568. The Morgan fingerprint density at radius 3 is 0.875 bits per heavy atom. The van der Waals surface area contributed by atoms with E-state index in [9.17, 15) is 0 Å². The van der Waals surface area contributed by atoms with Gasteiger partial charge in [-0.05, 0) is 226 Å². The molecule has 6 heteroatoms. The summed E-state index contributed by atoms with van der Waals surface area (Å²) in [4.78, 5) is 7.89. The van der Waals surface area contributed by atoms with Crippen molar-refractivity contribution >= 4 is 118 Å². The van der Waals surface area contributed by atoms with Crippen molar-refractivity contribution in [3.8, 4) is 55.9 Å². The van der Waals surface area contributed by atoms with E-state index < -0.39 is 0 Å². The number of aromatic nitrogens is 2. The van der Waals surface area contributed by atoms with Crippen LogP contribution >= 0.6 is 0 Å². The standard InChI is InChI=1S/C106H92BN5/c1-103(2,3)77-59-78(104(4,5)6)62-85(61-77)111-98-65-83(109-94-39-27-25-37-88(94)90-57-75(45-55-96(90)109)71-33-21-15-22-34-71)51-53-92(98)107-93-54-52-84(110-95-40-28-26-38-89(95)91-58-76(46-56-97(91)110)72-35-23-16-24-36-72)66-99(93)112(86-63-79(105(7,8)9)60-80(64-86)106(10,11)12)101-68-87(67-100(111)102(101)107)108(81-47-41-73(42-48-81)69-29-17-13-18-30-69)82-49-43-74(44-50-82)70-31-19-14-20-32-70/h13-68H,1-12H3. The third kappa shape index (κ3) is 12.1. The highest BCUT2D eigenvalue weighted by Gasteiger charge is 2.46. The summed E-state index contributed by atoms with van der Waals surface area (Å²) >= 11 is 0.